The third-order valence-corrected chi connectivity index (χ3v) is 2.61. The number of amides is 1. The number of benzene rings is 1. The van der Waals surface area contributed by atoms with Gasteiger partial charge in [0.2, 0.25) is 5.91 Å². The maximum atomic E-state index is 11.6. The minimum atomic E-state index is -0.0693. The summed E-state index contributed by atoms with van der Waals surface area (Å²) in [5.41, 5.74) is 3.85. The number of carbonyl (C=O) groups excluding carboxylic acids is 1. The van der Waals surface area contributed by atoms with Gasteiger partial charge in [-0.15, -0.1) is 0 Å². The lowest BCUT2D eigenvalue weighted by Gasteiger charge is -2.17. The van der Waals surface area contributed by atoms with Crippen LogP contribution in [0.25, 0.3) is 0 Å². The molecule has 4 heteroatoms. The molecule has 86 valence electrons. The molecule has 1 aromatic carbocycles. The van der Waals surface area contributed by atoms with Crippen molar-refractivity contribution >= 4 is 11.6 Å². The van der Waals surface area contributed by atoms with Gasteiger partial charge in [-0.2, -0.15) is 0 Å². The lowest BCUT2D eigenvalue weighted by Crippen LogP contribution is -2.32. The van der Waals surface area contributed by atoms with Crippen molar-refractivity contribution in [3.05, 3.63) is 30.3 Å². The zero-order valence-corrected chi connectivity index (χ0v) is 9.35. The van der Waals surface area contributed by atoms with Crippen LogP contribution in [0, 0.1) is 5.92 Å². The highest BCUT2D eigenvalue weighted by atomic mass is 16.5. The summed E-state index contributed by atoms with van der Waals surface area (Å²) >= 11 is 0. The van der Waals surface area contributed by atoms with Gasteiger partial charge in [-0.1, -0.05) is 18.2 Å². The third kappa shape index (κ3) is 2.33. The van der Waals surface area contributed by atoms with Crippen molar-refractivity contribution in [3.8, 4) is 0 Å². The Kier molecular flexibility index (Phi) is 3.41. The van der Waals surface area contributed by atoms with Crippen molar-refractivity contribution in [1.29, 1.82) is 0 Å². The molecule has 0 saturated carbocycles. The van der Waals surface area contributed by atoms with E-state index in [9.17, 15) is 4.79 Å². The molecule has 1 aliphatic heterocycles. The fourth-order valence-corrected chi connectivity index (χ4v) is 1.74. The Hall–Kier alpha value is -1.55. The van der Waals surface area contributed by atoms with Gasteiger partial charge in [0.25, 0.3) is 0 Å². The predicted octanol–water partition coefficient (Wildman–Crippen LogP) is 1.19. The monoisotopic (exact) mass is 220 g/mol. The van der Waals surface area contributed by atoms with E-state index in [1.807, 2.05) is 42.3 Å². The molecule has 0 radical (unpaired) electrons. The minimum absolute atomic E-state index is 0.0392. The van der Waals surface area contributed by atoms with Gasteiger partial charge < -0.3 is 4.74 Å². The summed E-state index contributed by atoms with van der Waals surface area (Å²) < 4.78 is 5.28. The second kappa shape index (κ2) is 4.99. The van der Waals surface area contributed by atoms with Crippen molar-refractivity contribution in [2.45, 2.75) is 6.92 Å². The molecule has 0 spiro atoms. The van der Waals surface area contributed by atoms with Gasteiger partial charge in [-0.05, 0) is 19.1 Å². The van der Waals surface area contributed by atoms with Crippen LogP contribution >= 0.6 is 0 Å². The average Bonchev–Trinajstić information content (AvgIpc) is 2.69. The molecule has 4 nitrogen and oxygen atoms in total. The number of nitrogens with zero attached hydrogens (tertiary/aromatic N) is 1. The van der Waals surface area contributed by atoms with E-state index in [1.165, 1.54) is 0 Å². The first-order valence-corrected chi connectivity index (χ1v) is 5.52. The van der Waals surface area contributed by atoms with Gasteiger partial charge in [0.05, 0.1) is 24.8 Å². The highest BCUT2D eigenvalue weighted by molar-refractivity contribution is 5.84. The molecule has 16 heavy (non-hydrogen) atoms. The number of anilines is 1. The third-order valence-electron chi connectivity index (χ3n) is 2.61. The van der Waals surface area contributed by atoms with E-state index in [0.717, 1.165) is 5.69 Å². The number of hydrogen-bond acceptors (Lipinski definition) is 3. The van der Waals surface area contributed by atoms with E-state index >= 15 is 0 Å². The van der Waals surface area contributed by atoms with Gasteiger partial charge in [0.1, 0.15) is 0 Å². The van der Waals surface area contributed by atoms with Crippen LogP contribution in [0.5, 0.6) is 0 Å². The number of carbonyl (C=O) groups is 1. The van der Waals surface area contributed by atoms with Crippen LogP contribution in [0.3, 0.4) is 0 Å². The maximum absolute atomic E-state index is 11.6. The standard InChI is InChI=1S/C12H16N2O2/c1-2-16-9-10-8-14(13-12(10)15)11-6-4-3-5-7-11/h3-7,10H,2,8-9H2,1H3,(H,13,15). The zero-order chi connectivity index (χ0) is 11.4. The molecular weight excluding hydrogens is 204 g/mol. The molecule has 1 saturated heterocycles. The Bertz CT molecular complexity index is 353. The molecular formula is C12H16N2O2. The van der Waals surface area contributed by atoms with Gasteiger partial charge in [0.15, 0.2) is 0 Å². The van der Waals surface area contributed by atoms with E-state index in [2.05, 4.69) is 5.43 Å². The number of rotatable bonds is 4. The van der Waals surface area contributed by atoms with Gasteiger partial charge in [-0.3, -0.25) is 15.2 Å². The van der Waals surface area contributed by atoms with E-state index in [0.29, 0.717) is 19.8 Å². The summed E-state index contributed by atoms with van der Waals surface area (Å²) in [4.78, 5) is 11.6. The van der Waals surface area contributed by atoms with Crippen LogP contribution in [0.1, 0.15) is 6.92 Å². The molecule has 1 amide bonds. The fraction of sp³-hybridized carbons (Fsp3) is 0.417. The van der Waals surface area contributed by atoms with Crippen LogP contribution in [0.15, 0.2) is 30.3 Å². The molecule has 0 bridgehead atoms. The average molecular weight is 220 g/mol. The lowest BCUT2D eigenvalue weighted by molar-refractivity contribution is -0.123. The number of para-hydroxylation sites is 1. The van der Waals surface area contributed by atoms with Crippen molar-refractivity contribution in [3.63, 3.8) is 0 Å². The number of nitrogens with one attached hydrogen (secondary N) is 1. The van der Waals surface area contributed by atoms with Crippen LogP contribution in [0.2, 0.25) is 0 Å². The van der Waals surface area contributed by atoms with Gasteiger partial charge in [0, 0.05) is 6.61 Å². The molecule has 1 N–H and O–H groups in total. The van der Waals surface area contributed by atoms with Crippen LogP contribution in [0.4, 0.5) is 5.69 Å². The van der Waals surface area contributed by atoms with E-state index < -0.39 is 0 Å². The Labute approximate surface area is 95.2 Å². The van der Waals surface area contributed by atoms with E-state index in [-0.39, 0.29) is 11.8 Å². The van der Waals surface area contributed by atoms with Crippen molar-refractivity contribution in [1.82, 2.24) is 5.43 Å². The molecule has 2 rings (SSSR count). The number of hydrogen-bond donors (Lipinski definition) is 1. The van der Waals surface area contributed by atoms with Crippen molar-refractivity contribution in [2.24, 2.45) is 5.92 Å². The number of hydrazine groups is 1. The molecule has 0 aliphatic carbocycles. The van der Waals surface area contributed by atoms with E-state index in [1.54, 1.807) is 0 Å². The highest BCUT2D eigenvalue weighted by Crippen LogP contribution is 2.18. The first-order valence-electron chi connectivity index (χ1n) is 5.52. The summed E-state index contributed by atoms with van der Waals surface area (Å²) in [7, 11) is 0. The summed E-state index contributed by atoms with van der Waals surface area (Å²) in [6.07, 6.45) is 0. The minimum Gasteiger partial charge on any atom is -0.381 e. The largest absolute Gasteiger partial charge is 0.381 e. The highest BCUT2D eigenvalue weighted by Gasteiger charge is 2.30. The lowest BCUT2D eigenvalue weighted by atomic mass is 10.1. The summed E-state index contributed by atoms with van der Waals surface area (Å²) in [5.74, 6) is -0.0301. The molecule has 1 unspecified atom stereocenters. The summed E-state index contributed by atoms with van der Waals surface area (Å²) in [5, 5.41) is 1.87. The molecule has 1 fully saturated rings. The van der Waals surface area contributed by atoms with Crippen LogP contribution in [-0.4, -0.2) is 25.7 Å². The summed E-state index contributed by atoms with van der Waals surface area (Å²) in [6.45, 7) is 3.74. The van der Waals surface area contributed by atoms with Crippen molar-refractivity contribution in [2.75, 3.05) is 24.8 Å². The first-order chi connectivity index (χ1) is 7.81. The topological polar surface area (TPSA) is 41.6 Å². The van der Waals surface area contributed by atoms with Crippen molar-refractivity contribution < 1.29 is 9.53 Å². The second-order valence-corrected chi connectivity index (χ2v) is 3.78. The zero-order valence-electron chi connectivity index (χ0n) is 9.35. The maximum Gasteiger partial charge on any atom is 0.245 e. The van der Waals surface area contributed by atoms with Crippen LogP contribution in [-0.2, 0) is 9.53 Å². The Balaban J connectivity index is 1.98. The Morgan fingerprint density at radius 3 is 2.88 bits per heavy atom. The van der Waals surface area contributed by atoms with Gasteiger partial charge >= 0.3 is 0 Å². The van der Waals surface area contributed by atoms with Gasteiger partial charge in [-0.25, -0.2) is 0 Å². The molecule has 1 aliphatic rings. The van der Waals surface area contributed by atoms with E-state index in [4.69, 9.17) is 4.74 Å². The van der Waals surface area contributed by atoms with Crippen LogP contribution < -0.4 is 10.4 Å². The Morgan fingerprint density at radius 2 is 2.19 bits per heavy atom. The fourth-order valence-electron chi connectivity index (χ4n) is 1.74. The normalized spacial score (nSPS) is 19.9. The Morgan fingerprint density at radius 1 is 1.44 bits per heavy atom. The first kappa shape index (κ1) is 11.0. The summed E-state index contributed by atoms with van der Waals surface area (Å²) in [6, 6.07) is 9.82. The smallest absolute Gasteiger partial charge is 0.245 e. The molecule has 1 atom stereocenters. The number of ether oxygens (including phenoxy) is 1. The molecule has 1 heterocycles. The second-order valence-electron chi connectivity index (χ2n) is 3.78. The molecule has 0 aromatic heterocycles. The SMILES string of the molecule is CCOCC1CN(c2ccccc2)NC1=O. The quantitative estimate of drug-likeness (QED) is 0.828. The predicted molar refractivity (Wildman–Crippen MR) is 61.9 cm³/mol. The molecule has 1 aromatic rings.